The summed E-state index contributed by atoms with van der Waals surface area (Å²) in [6.45, 7) is 2.86. The van der Waals surface area contributed by atoms with E-state index in [1.165, 1.54) is 18.4 Å². The molecule has 0 amide bonds. The number of hydrogen-bond donors (Lipinski definition) is 0. The molecule has 1 saturated carbocycles. The van der Waals surface area contributed by atoms with Gasteiger partial charge in [-0.05, 0) is 68.1 Å². The van der Waals surface area contributed by atoms with Crippen LogP contribution in [0.3, 0.4) is 0 Å². The van der Waals surface area contributed by atoms with Gasteiger partial charge in [-0.1, -0.05) is 25.5 Å². The van der Waals surface area contributed by atoms with Crippen LogP contribution in [0.5, 0.6) is 5.75 Å². The first kappa shape index (κ1) is 15.3. The second-order valence-electron chi connectivity index (χ2n) is 6.10. The maximum Gasteiger partial charge on any atom is 0.119 e. The van der Waals surface area contributed by atoms with E-state index in [4.69, 9.17) is 4.74 Å². The lowest BCUT2D eigenvalue weighted by Crippen LogP contribution is -2.20. The number of unbranched alkanes of at least 4 members (excludes halogenated alkanes) is 1. The third-order valence-electron chi connectivity index (χ3n) is 4.41. The zero-order chi connectivity index (χ0) is 14.2. The second kappa shape index (κ2) is 8.28. The van der Waals surface area contributed by atoms with Crippen molar-refractivity contribution in [3.05, 3.63) is 29.8 Å². The van der Waals surface area contributed by atoms with Crippen molar-refractivity contribution < 1.29 is 9.13 Å². The molecule has 0 unspecified atom stereocenters. The molecule has 1 aromatic carbocycles. The van der Waals surface area contributed by atoms with Crippen LogP contribution in [0.15, 0.2) is 24.3 Å². The van der Waals surface area contributed by atoms with Crippen LogP contribution in [0, 0.1) is 11.8 Å². The van der Waals surface area contributed by atoms with Crippen LogP contribution in [0.1, 0.15) is 51.0 Å². The highest BCUT2D eigenvalue weighted by Crippen LogP contribution is 2.29. The molecule has 112 valence electrons. The van der Waals surface area contributed by atoms with Gasteiger partial charge in [0.1, 0.15) is 5.75 Å². The molecular formula is C18H27FO. The number of rotatable bonds is 7. The lowest BCUT2D eigenvalue weighted by Gasteiger charge is -2.26. The Labute approximate surface area is 122 Å². The highest BCUT2D eigenvalue weighted by molar-refractivity contribution is 5.27. The molecular weight excluding hydrogens is 251 g/mol. The lowest BCUT2D eigenvalue weighted by atomic mass is 9.83. The van der Waals surface area contributed by atoms with E-state index < -0.39 is 0 Å². The average Bonchev–Trinajstić information content (AvgIpc) is 2.52. The van der Waals surface area contributed by atoms with Crippen molar-refractivity contribution in [1.29, 1.82) is 0 Å². The maximum atomic E-state index is 12.6. The van der Waals surface area contributed by atoms with Crippen molar-refractivity contribution in [2.75, 3.05) is 13.3 Å². The highest BCUT2D eigenvalue weighted by Gasteiger charge is 2.21. The van der Waals surface area contributed by atoms with Crippen LogP contribution in [-0.2, 0) is 6.42 Å². The average molecular weight is 278 g/mol. The first-order valence-corrected chi connectivity index (χ1v) is 8.09. The van der Waals surface area contributed by atoms with Crippen LogP contribution in [0.2, 0.25) is 0 Å². The van der Waals surface area contributed by atoms with E-state index in [9.17, 15) is 4.39 Å². The van der Waals surface area contributed by atoms with Gasteiger partial charge >= 0.3 is 0 Å². The minimum Gasteiger partial charge on any atom is -0.493 e. The van der Waals surface area contributed by atoms with E-state index in [1.54, 1.807) is 0 Å². The fourth-order valence-corrected chi connectivity index (χ4v) is 2.90. The molecule has 1 aliphatic carbocycles. The molecule has 0 heterocycles. The van der Waals surface area contributed by atoms with Crippen molar-refractivity contribution in [1.82, 2.24) is 0 Å². The molecule has 1 fully saturated rings. The first-order chi connectivity index (χ1) is 9.81. The number of benzene rings is 1. The Kier molecular flexibility index (Phi) is 6.35. The standard InChI is InChI=1S/C18H27FO/c1-2-3-4-15-9-11-18(12-10-15)20-14-17-7-5-16(13-19)6-8-17/h9-12,16-17H,2-8,13-14H2,1H3. The Morgan fingerprint density at radius 2 is 1.70 bits per heavy atom. The van der Waals surface area contributed by atoms with Crippen molar-refractivity contribution in [2.45, 2.75) is 51.9 Å². The summed E-state index contributed by atoms with van der Waals surface area (Å²) in [5.41, 5.74) is 1.39. The Balaban J connectivity index is 1.71. The molecule has 20 heavy (non-hydrogen) atoms. The van der Waals surface area contributed by atoms with E-state index in [2.05, 4.69) is 31.2 Å². The van der Waals surface area contributed by atoms with Crippen LogP contribution >= 0.6 is 0 Å². The molecule has 2 heteroatoms. The summed E-state index contributed by atoms with van der Waals surface area (Å²) in [6.07, 6.45) is 7.93. The molecule has 0 atom stereocenters. The van der Waals surface area contributed by atoms with Gasteiger partial charge in [0.2, 0.25) is 0 Å². The van der Waals surface area contributed by atoms with Gasteiger partial charge < -0.3 is 4.74 Å². The van der Waals surface area contributed by atoms with E-state index in [-0.39, 0.29) is 6.67 Å². The van der Waals surface area contributed by atoms with Crippen molar-refractivity contribution in [3.63, 3.8) is 0 Å². The lowest BCUT2D eigenvalue weighted by molar-refractivity contribution is 0.169. The van der Waals surface area contributed by atoms with E-state index >= 15 is 0 Å². The second-order valence-corrected chi connectivity index (χ2v) is 6.10. The monoisotopic (exact) mass is 278 g/mol. The fraction of sp³-hybridized carbons (Fsp3) is 0.667. The highest BCUT2D eigenvalue weighted by atomic mass is 19.1. The molecule has 2 rings (SSSR count). The predicted molar refractivity (Wildman–Crippen MR) is 82.0 cm³/mol. The minimum absolute atomic E-state index is 0.146. The minimum atomic E-state index is -0.146. The van der Waals surface area contributed by atoms with Gasteiger partial charge in [-0.25, -0.2) is 0 Å². The summed E-state index contributed by atoms with van der Waals surface area (Å²) in [7, 11) is 0. The van der Waals surface area contributed by atoms with Crippen molar-refractivity contribution in [2.24, 2.45) is 11.8 Å². The summed E-state index contributed by atoms with van der Waals surface area (Å²) in [6, 6.07) is 8.51. The van der Waals surface area contributed by atoms with Crippen LogP contribution in [0.25, 0.3) is 0 Å². The van der Waals surface area contributed by atoms with Gasteiger partial charge in [0, 0.05) is 0 Å². The summed E-state index contributed by atoms with van der Waals surface area (Å²) in [5.74, 6) is 1.89. The molecule has 0 aliphatic heterocycles. The SMILES string of the molecule is CCCCc1ccc(OCC2CCC(CF)CC2)cc1. The van der Waals surface area contributed by atoms with E-state index in [0.717, 1.165) is 44.5 Å². The van der Waals surface area contributed by atoms with Gasteiger partial charge in [-0.15, -0.1) is 0 Å². The number of hydrogen-bond acceptors (Lipinski definition) is 1. The zero-order valence-corrected chi connectivity index (χ0v) is 12.6. The molecule has 0 N–H and O–H groups in total. The quantitative estimate of drug-likeness (QED) is 0.667. The Morgan fingerprint density at radius 3 is 2.30 bits per heavy atom. The number of ether oxygens (including phenoxy) is 1. The van der Waals surface area contributed by atoms with Crippen LogP contribution in [0.4, 0.5) is 4.39 Å². The third kappa shape index (κ3) is 4.81. The maximum absolute atomic E-state index is 12.6. The summed E-state index contributed by atoms with van der Waals surface area (Å²) >= 11 is 0. The van der Waals surface area contributed by atoms with Crippen molar-refractivity contribution >= 4 is 0 Å². The Hall–Kier alpha value is -1.05. The summed E-state index contributed by atoms with van der Waals surface area (Å²) < 4.78 is 18.4. The molecule has 0 bridgehead atoms. The smallest absolute Gasteiger partial charge is 0.119 e. The summed E-state index contributed by atoms with van der Waals surface area (Å²) in [4.78, 5) is 0. The van der Waals surface area contributed by atoms with Gasteiger partial charge in [0.15, 0.2) is 0 Å². The summed E-state index contributed by atoms with van der Waals surface area (Å²) in [5, 5.41) is 0. The zero-order valence-electron chi connectivity index (χ0n) is 12.6. The first-order valence-electron chi connectivity index (χ1n) is 8.09. The molecule has 0 radical (unpaired) electrons. The van der Waals surface area contributed by atoms with E-state index in [1.807, 2.05) is 0 Å². The normalized spacial score (nSPS) is 22.7. The van der Waals surface area contributed by atoms with Crippen LogP contribution in [-0.4, -0.2) is 13.3 Å². The molecule has 1 nitrogen and oxygen atoms in total. The fourth-order valence-electron chi connectivity index (χ4n) is 2.90. The number of halogens is 1. The molecule has 0 aromatic heterocycles. The van der Waals surface area contributed by atoms with Gasteiger partial charge in [-0.3, -0.25) is 4.39 Å². The molecule has 1 aliphatic rings. The number of aryl methyl sites for hydroxylation is 1. The van der Waals surface area contributed by atoms with Gasteiger partial charge in [0.25, 0.3) is 0 Å². The third-order valence-corrected chi connectivity index (χ3v) is 4.41. The largest absolute Gasteiger partial charge is 0.493 e. The van der Waals surface area contributed by atoms with E-state index in [0.29, 0.717) is 11.8 Å². The van der Waals surface area contributed by atoms with Gasteiger partial charge in [0.05, 0.1) is 13.3 Å². The van der Waals surface area contributed by atoms with Crippen molar-refractivity contribution in [3.8, 4) is 5.75 Å². The Morgan fingerprint density at radius 1 is 1.05 bits per heavy atom. The molecule has 1 aromatic rings. The van der Waals surface area contributed by atoms with Crippen LogP contribution < -0.4 is 4.74 Å². The van der Waals surface area contributed by atoms with Gasteiger partial charge in [-0.2, -0.15) is 0 Å². The Bertz CT molecular complexity index is 366. The molecule has 0 spiro atoms. The topological polar surface area (TPSA) is 9.23 Å². The molecule has 0 saturated heterocycles. The predicted octanol–water partition coefficient (Wildman–Crippen LogP) is 5.18. The number of alkyl halides is 1.